The van der Waals surface area contributed by atoms with E-state index in [1.165, 1.54) is 19.3 Å². The molecule has 0 saturated heterocycles. The van der Waals surface area contributed by atoms with Crippen molar-refractivity contribution in [2.45, 2.75) is 46.0 Å². The smallest absolute Gasteiger partial charge is 0.0297 e. The summed E-state index contributed by atoms with van der Waals surface area (Å²) in [5, 5.41) is 0. The van der Waals surface area contributed by atoms with Crippen molar-refractivity contribution in [1.82, 2.24) is 0 Å². The summed E-state index contributed by atoms with van der Waals surface area (Å²) in [5.41, 5.74) is 0.753. The van der Waals surface area contributed by atoms with Crippen LogP contribution in [0.1, 0.15) is 46.0 Å². The van der Waals surface area contributed by atoms with Crippen LogP contribution in [0.4, 0.5) is 0 Å². The van der Waals surface area contributed by atoms with Crippen molar-refractivity contribution < 1.29 is 0 Å². The largest absolute Gasteiger partial charge is 0.0649 e. The molecule has 0 nitrogen and oxygen atoms in total. The number of rotatable bonds is 1. The third kappa shape index (κ3) is 0.741. The second kappa shape index (κ2) is 1.99. The van der Waals surface area contributed by atoms with Crippen LogP contribution in [0.5, 0.6) is 0 Å². The maximum atomic E-state index is 2.50. The number of fused-ring (bicyclic) bond motifs is 2. The van der Waals surface area contributed by atoms with E-state index in [-0.39, 0.29) is 0 Å². The van der Waals surface area contributed by atoms with Crippen LogP contribution >= 0.6 is 0 Å². The molecular weight excluding hydrogens is 120 g/mol. The van der Waals surface area contributed by atoms with Gasteiger partial charge in [-0.1, -0.05) is 26.7 Å². The van der Waals surface area contributed by atoms with Crippen molar-refractivity contribution in [3.63, 3.8) is 0 Å². The zero-order valence-corrected chi connectivity index (χ0v) is 7.19. The Bertz CT molecular complexity index is 139. The molecule has 0 heteroatoms. The first-order valence-corrected chi connectivity index (χ1v) is 4.74. The quantitative estimate of drug-likeness (QED) is 0.522. The molecule has 0 aliphatic heterocycles. The van der Waals surface area contributed by atoms with E-state index in [2.05, 4.69) is 13.8 Å². The van der Waals surface area contributed by atoms with Gasteiger partial charge in [0.1, 0.15) is 0 Å². The molecule has 2 aliphatic carbocycles. The fraction of sp³-hybridized carbons (Fsp3) is 1.00. The normalized spacial score (nSPS) is 52.2. The topological polar surface area (TPSA) is 0 Å². The predicted octanol–water partition coefficient (Wildman–Crippen LogP) is 3.22. The van der Waals surface area contributed by atoms with Gasteiger partial charge in [-0.05, 0) is 36.5 Å². The molecule has 0 radical (unpaired) electrons. The summed E-state index contributed by atoms with van der Waals surface area (Å²) in [5.74, 6) is 2.22. The molecule has 0 heterocycles. The molecule has 2 rings (SSSR count). The molecule has 2 aliphatic rings. The Morgan fingerprint density at radius 3 is 2.50 bits per heavy atom. The third-order valence-corrected chi connectivity index (χ3v) is 4.09. The molecule has 3 atom stereocenters. The Morgan fingerprint density at radius 1 is 1.40 bits per heavy atom. The summed E-state index contributed by atoms with van der Waals surface area (Å²) in [6.45, 7) is 4.86. The fourth-order valence-electron chi connectivity index (χ4n) is 3.15. The van der Waals surface area contributed by atoms with E-state index in [1.54, 1.807) is 12.8 Å². The molecule has 0 amide bonds. The summed E-state index contributed by atoms with van der Waals surface area (Å²) in [6, 6.07) is 0. The zero-order chi connectivity index (χ0) is 7.19. The van der Waals surface area contributed by atoms with Crippen molar-refractivity contribution in [2.24, 2.45) is 17.3 Å². The van der Waals surface area contributed by atoms with E-state index in [1.807, 2.05) is 0 Å². The van der Waals surface area contributed by atoms with Gasteiger partial charge in [0, 0.05) is 0 Å². The molecule has 2 saturated carbocycles. The zero-order valence-electron chi connectivity index (χ0n) is 7.19. The van der Waals surface area contributed by atoms with Gasteiger partial charge in [-0.2, -0.15) is 0 Å². The second-order valence-corrected chi connectivity index (χ2v) is 4.59. The number of hydrogen-bond acceptors (Lipinski definition) is 0. The Balaban J connectivity index is 2.14. The average Bonchev–Trinajstić information content (AvgIpc) is 2.46. The van der Waals surface area contributed by atoms with E-state index in [9.17, 15) is 0 Å². The lowest BCUT2D eigenvalue weighted by Gasteiger charge is -2.32. The first-order chi connectivity index (χ1) is 4.74. The van der Waals surface area contributed by atoms with Crippen molar-refractivity contribution in [3.8, 4) is 0 Å². The van der Waals surface area contributed by atoms with Gasteiger partial charge in [0.15, 0.2) is 0 Å². The lowest BCUT2D eigenvalue weighted by atomic mass is 9.73. The molecule has 58 valence electrons. The SMILES string of the molecule is CC[C@]1(C)CC2CCC1C2. The molecule has 0 N–H and O–H groups in total. The fourth-order valence-corrected chi connectivity index (χ4v) is 3.15. The van der Waals surface area contributed by atoms with Crippen molar-refractivity contribution in [1.29, 1.82) is 0 Å². The summed E-state index contributed by atoms with van der Waals surface area (Å²) in [6.07, 6.45) is 7.59. The second-order valence-electron chi connectivity index (χ2n) is 4.59. The van der Waals surface area contributed by atoms with Crippen LogP contribution in [0, 0.1) is 17.3 Å². The van der Waals surface area contributed by atoms with Crippen molar-refractivity contribution in [2.75, 3.05) is 0 Å². The minimum Gasteiger partial charge on any atom is -0.0649 e. The molecule has 2 bridgehead atoms. The highest BCUT2D eigenvalue weighted by atomic mass is 14.5. The predicted molar refractivity (Wildman–Crippen MR) is 43.8 cm³/mol. The maximum absolute atomic E-state index is 2.50. The van der Waals surface area contributed by atoms with E-state index < -0.39 is 0 Å². The maximum Gasteiger partial charge on any atom is -0.0297 e. The van der Waals surface area contributed by atoms with Gasteiger partial charge in [0.2, 0.25) is 0 Å². The Morgan fingerprint density at radius 2 is 2.20 bits per heavy atom. The van der Waals surface area contributed by atoms with Crippen LogP contribution in [0.3, 0.4) is 0 Å². The summed E-state index contributed by atoms with van der Waals surface area (Å²) in [4.78, 5) is 0. The van der Waals surface area contributed by atoms with E-state index >= 15 is 0 Å². The minimum absolute atomic E-state index is 0.753. The van der Waals surface area contributed by atoms with Crippen LogP contribution in [0.2, 0.25) is 0 Å². The molecular formula is C10H18. The first-order valence-electron chi connectivity index (χ1n) is 4.74. The van der Waals surface area contributed by atoms with Crippen LogP contribution in [0.15, 0.2) is 0 Å². The van der Waals surface area contributed by atoms with Crippen molar-refractivity contribution in [3.05, 3.63) is 0 Å². The van der Waals surface area contributed by atoms with Crippen LogP contribution < -0.4 is 0 Å². The minimum atomic E-state index is 0.753. The van der Waals surface area contributed by atoms with Crippen molar-refractivity contribution >= 4 is 0 Å². The summed E-state index contributed by atoms with van der Waals surface area (Å²) >= 11 is 0. The van der Waals surface area contributed by atoms with Gasteiger partial charge in [0.25, 0.3) is 0 Å². The highest BCUT2D eigenvalue weighted by Crippen LogP contribution is 2.57. The molecule has 0 aromatic rings. The molecule has 2 fully saturated rings. The highest BCUT2D eigenvalue weighted by Gasteiger charge is 2.46. The Labute approximate surface area is 64.0 Å². The van der Waals surface area contributed by atoms with E-state index in [0.717, 1.165) is 17.3 Å². The summed E-state index contributed by atoms with van der Waals surface area (Å²) < 4.78 is 0. The lowest BCUT2D eigenvalue weighted by molar-refractivity contribution is 0.182. The number of hydrogen-bond donors (Lipinski definition) is 0. The van der Waals surface area contributed by atoms with Gasteiger partial charge >= 0.3 is 0 Å². The molecule has 0 spiro atoms. The Hall–Kier alpha value is 0. The molecule has 0 aromatic heterocycles. The highest BCUT2D eigenvalue weighted by molar-refractivity contribution is 4.96. The van der Waals surface area contributed by atoms with Gasteiger partial charge in [-0.15, -0.1) is 0 Å². The molecule has 10 heavy (non-hydrogen) atoms. The monoisotopic (exact) mass is 138 g/mol. The van der Waals surface area contributed by atoms with Crippen LogP contribution in [-0.4, -0.2) is 0 Å². The summed E-state index contributed by atoms with van der Waals surface area (Å²) in [7, 11) is 0. The standard InChI is InChI=1S/C10H18/c1-3-10(2)7-8-4-5-9(10)6-8/h8-9H,3-7H2,1-2H3/t8?,9?,10-/m1/s1. The first kappa shape index (κ1) is 6.69. The van der Waals surface area contributed by atoms with Crippen LogP contribution in [-0.2, 0) is 0 Å². The lowest BCUT2D eigenvalue weighted by Crippen LogP contribution is -2.22. The van der Waals surface area contributed by atoms with Gasteiger partial charge in [0.05, 0.1) is 0 Å². The van der Waals surface area contributed by atoms with Gasteiger partial charge in [-0.3, -0.25) is 0 Å². The average molecular weight is 138 g/mol. The van der Waals surface area contributed by atoms with Gasteiger partial charge < -0.3 is 0 Å². The van der Waals surface area contributed by atoms with Gasteiger partial charge in [-0.25, -0.2) is 0 Å². The third-order valence-electron chi connectivity index (χ3n) is 4.09. The Kier molecular flexibility index (Phi) is 1.33. The van der Waals surface area contributed by atoms with E-state index in [0.29, 0.717) is 0 Å². The molecule has 2 unspecified atom stereocenters. The van der Waals surface area contributed by atoms with E-state index in [4.69, 9.17) is 0 Å². The molecule has 0 aromatic carbocycles. The van der Waals surface area contributed by atoms with Crippen LogP contribution in [0.25, 0.3) is 0 Å².